The van der Waals surface area contributed by atoms with Gasteiger partial charge < -0.3 is 28.6 Å². The minimum Gasteiger partial charge on any atom is -0.544 e. The number of rotatable bonds is 38. The fourth-order valence-corrected chi connectivity index (χ4v) is 5.91. The van der Waals surface area contributed by atoms with Gasteiger partial charge in [-0.3, -0.25) is 9.59 Å². The minimum absolute atomic E-state index is 0.0204. The van der Waals surface area contributed by atoms with E-state index in [9.17, 15) is 19.5 Å². The lowest BCUT2D eigenvalue weighted by molar-refractivity contribution is -0.889. The van der Waals surface area contributed by atoms with Crippen molar-refractivity contribution < 1.29 is 38.2 Å². The fraction of sp³-hybridized carbons (Fsp3) is 0.688. The monoisotopic (exact) mass is 784 g/mol. The zero-order valence-corrected chi connectivity index (χ0v) is 36.3. The fourth-order valence-electron chi connectivity index (χ4n) is 5.91. The average molecular weight is 784 g/mol. The van der Waals surface area contributed by atoms with Crippen molar-refractivity contribution in [1.82, 2.24) is 0 Å². The van der Waals surface area contributed by atoms with Crippen LogP contribution in [-0.2, 0) is 28.6 Å². The summed E-state index contributed by atoms with van der Waals surface area (Å²) in [6.07, 6.45) is 47.8. The zero-order valence-electron chi connectivity index (χ0n) is 36.3. The molecule has 8 heteroatoms. The van der Waals surface area contributed by atoms with Gasteiger partial charge in [0.15, 0.2) is 6.10 Å². The standard InChI is InChI=1S/C48H81NO7/c1-6-8-10-12-14-16-18-20-21-22-23-24-25-27-28-30-32-34-36-38-46(50)55-43-44(42-54-41-40-45(48(52)53)49(3,4)5)56-47(51)39-37-35-33-31-29-26-19-17-15-13-11-9-7-2/h8,10,14,16,20-21,23-24,26-29,44-45H,6-7,9,11-13,15,17-19,22,25,30-43H2,1-5H3/b10-8+,16-14+,21-20+,24-23+,28-27+,29-26+. The molecule has 8 nitrogen and oxygen atoms in total. The van der Waals surface area contributed by atoms with E-state index in [1.807, 2.05) is 0 Å². The van der Waals surface area contributed by atoms with Crippen LogP contribution in [0.3, 0.4) is 0 Å². The molecule has 56 heavy (non-hydrogen) atoms. The number of carbonyl (C=O) groups excluding carboxylic acids is 3. The van der Waals surface area contributed by atoms with Crippen LogP contribution in [0.25, 0.3) is 0 Å². The maximum Gasteiger partial charge on any atom is 0.306 e. The molecule has 0 aromatic heterocycles. The molecule has 0 radical (unpaired) electrons. The summed E-state index contributed by atoms with van der Waals surface area (Å²) in [5, 5.41) is 11.6. The number of esters is 2. The molecule has 0 amide bonds. The lowest BCUT2D eigenvalue weighted by Crippen LogP contribution is -2.55. The van der Waals surface area contributed by atoms with Gasteiger partial charge in [-0.1, -0.05) is 132 Å². The third-order valence-corrected chi connectivity index (χ3v) is 9.33. The summed E-state index contributed by atoms with van der Waals surface area (Å²) in [6.45, 7) is 4.47. The van der Waals surface area contributed by atoms with Crippen LogP contribution in [0.2, 0.25) is 0 Å². The van der Waals surface area contributed by atoms with Crippen LogP contribution >= 0.6 is 0 Å². The van der Waals surface area contributed by atoms with Gasteiger partial charge in [0.1, 0.15) is 12.6 Å². The number of allylic oxidation sites excluding steroid dienone is 12. The van der Waals surface area contributed by atoms with Gasteiger partial charge in [-0.25, -0.2) is 0 Å². The number of hydrogen-bond donors (Lipinski definition) is 0. The molecule has 0 aromatic rings. The second kappa shape index (κ2) is 38.6. The summed E-state index contributed by atoms with van der Waals surface area (Å²) in [6, 6.07) is -0.736. The van der Waals surface area contributed by atoms with Crippen molar-refractivity contribution in [3.05, 3.63) is 72.9 Å². The number of unbranched alkanes of at least 4 members (excludes halogenated alkanes) is 12. The lowest BCUT2D eigenvalue weighted by atomic mass is 10.1. The van der Waals surface area contributed by atoms with Gasteiger partial charge in [-0.05, 0) is 83.5 Å². The first-order valence-electron chi connectivity index (χ1n) is 22.0. The Morgan fingerprint density at radius 1 is 0.554 bits per heavy atom. The number of aliphatic carboxylic acids is 1. The zero-order chi connectivity index (χ0) is 41.4. The van der Waals surface area contributed by atoms with Crippen LogP contribution in [0.15, 0.2) is 72.9 Å². The van der Waals surface area contributed by atoms with Crippen molar-refractivity contribution in [3.8, 4) is 0 Å². The van der Waals surface area contributed by atoms with Gasteiger partial charge >= 0.3 is 11.9 Å². The Bertz CT molecular complexity index is 1140. The van der Waals surface area contributed by atoms with E-state index in [1.54, 1.807) is 21.1 Å². The first kappa shape index (κ1) is 52.8. The topological polar surface area (TPSA) is 102 Å². The molecule has 2 unspecified atom stereocenters. The quantitative estimate of drug-likeness (QED) is 0.0266. The van der Waals surface area contributed by atoms with Crippen LogP contribution in [0, 0.1) is 0 Å². The first-order chi connectivity index (χ1) is 27.1. The molecular formula is C48H81NO7. The van der Waals surface area contributed by atoms with Crippen molar-refractivity contribution in [2.75, 3.05) is 41.0 Å². The van der Waals surface area contributed by atoms with Crippen molar-refractivity contribution >= 4 is 17.9 Å². The van der Waals surface area contributed by atoms with E-state index in [4.69, 9.17) is 14.2 Å². The molecule has 0 saturated heterocycles. The summed E-state index contributed by atoms with van der Waals surface area (Å²) in [5.74, 6) is -1.81. The SMILES string of the molecule is CC/C=C/C/C=C/C/C=C/C/C=C/C/C=C/CCCCCC(=O)OCC(COCCC(C(=O)[O-])[N+](C)(C)C)OC(=O)CCCCC/C=C/CCCCCCCC. The van der Waals surface area contributed by atoms with Gasteiger partial charge in [0.2, 0.25) is 0 Å². The molecule has 0 saturated carbocycles. The second-order valence-corrected chi connectivity index (χ2v) is 15.5. The van der Waals surface area contributed by atoms with Crippen LogP contribution in [0.4, 0.5) is 0 Å². The highest BCUT2D eigenvalue weighted by atomic mass is 16.6. The molecule has 0 spiro atoms. The molecule has 0 rings (SSSR count). The molecule has 0 aliphatic heterocycles. The molecule has 0 heterocycles. The third-order valence-electron chi connectivity index (χ3n) is 9.33. The van der Waals surface area contributed by atoms with E-state index in [0.29, 0.717) is 6.42 Å². The van der Waals surface area contributed by atoms with E-state index < -0.39 is 18.1 Å². The Morgan fingerprint density at radius 3 is 1.50 bits per heavy atom. The molecule has 2 atom stereocenters. The van der Waals surface area contributed by atoms with Gasteiger partial charge in [0.05, 0.1) is 40.3 Å². The van der Waals surface area contributed by atoms with Crippen LogP contribution in [-0.4, -0.2) is 75.5 Å². The van der Waals surface area contributed by atoms with Crippen LogP contribution in [0.5, 0.6) is 0 Å². The average Bonchev–Trinajstić information content (AvgIpc) is 3.15. The first-order valence-corrected chi connectivity index (χ1v) is 22.0. The van der Waals surface area contributed by atoms with Gasteiger partial charge in [0, 0.05) is 19.3 Å². The normalized spacial score (nSPS) is 13.7. The number of nitrogens with zero attached hydrogens (tertiary/aromatic N) is 1. The number of ether oxygens (including phenoxy) is 3. The maximum absolute atomic E-state index is 12.7. The van der Waals surface area contributed by atoms with E-state index in [-0.39, 0.29) is 49.1 Å². The smallest absolute Gasteiger partial charge is 0.306 e. The predicted molar refractivity (Wildman–Crippen MR) is 231 cm³/mol. The number of quaternary nitrogens is 1. The number of carboxylic acids is 1. The lowest BCUT2D eigenvalue weighted by Gasteiger charge is -2.34. The maximum atomic E-state index is 12.7. The highest BCUT2D eigenvalue weighted by Gasteiger charge is 2.25. The molecule has 0 bridgehead atoms. The Labute approximate surface area is 342 Å². The van der Waals surface area contributed by atoms with Crippen molar-refractivity contribution in [1.29, 1.82) is 0 Å². The molecule has 0 N–H and O–H groups in total. The Kier molecular flexibility index (Phi) is 36.4. The predicted octanol–water partition coefficient (Wildman–Crippen LogP) is 10.6. The molecule has 320 valence electrons. The second-order valence-electron chi connectivity index (χ2n) is 15.5. The highest BCUT2D eigenvalue weighted by molar-refractivity contribution is 5.70. The molecule has 0 fully saturated rings. The minimum atomic E-state index is -1.14. The van der Waals surface area contributed by atoms with Crippen LogP contribution < -0.4 is 5.11 Å². The summed E-state index contributed by atoms with van der Waals surface area (Å²) in [4.78, 5) is 36.8. The van der Waals surface area contributed by atoms with Crippen molar-refractivity contribution in [2.45, 2.75) is 174 Å². The molecule has 0 aliphatic carbocycles. The van der Waals surface area contributed by atoms with Gasteiger partial charge in [0.25, 0.3) is 0 Å². The van der Waals surface area contributed by atoms with Crippen LogP contribution in [0.1, 0.15) is 162 Å². The Hall–Kier alpha value is -3.23. The van der Waals surface area contributed by atoms with E-state index in [1.165, 1.54) is 38.5 Å². The largest absolute Gasteiger partial charge is 0.544 e. The summed E-state index contributed by atoms with van der Waals surface area (Å²) in [5.41, 5.74) is 0. The Morgan fingerprint density at radius 2 is 1.00 bits per heavy atom. The summed E-state index contributed by atoms with van der Waals surface area (Å²) >= 11 is 0. The molecule has 0 aliphatic rings. The highest BCUT2D eigenvalue weighted by Crippen LogP contribution is 2.12. The molecular weight excluding hydrogens is 703 g/mol. The van der Waals surface area contributed by atoms with E-state index in [0.717, 1.165) is 89.9 Å². The molecule has 0 aromatic carbocycles. The summed E-state index contributed by atoms with van der Waals surface area (Å²) < 4.78 is 17.1. The van der Waals surface area contributed by atoms with Crippen molar-refractivity contribution in [2.24, 2.45) is 0 Å². The Balaban J connectivity index is 4.43. The van der Waals surface area contributed by atoms with E-state index >= 15 is 0 Å². The number of carboxylic acid groups (broad SMARTS) is 1. The number of hydrogen-bond acceptors (Lipinski definition) is 7. The van der Waals surface area contributed by atoms with Crippen molar-refractivity contribution in [3.63, 3.8) is 0 Å². The third kappa shape index (κ3) is 36.4. The van der Waals surface area contributed by atoms with Gasteiger partial charge in [-0.15, -0.1) is 0 Å². The summed E-state index contributed by atoms with van der Waals surface area (Å²) in [7, 11) is 5.38. The number of likely N-dealkylation sites (N-methyl/N-ethyl adjacent to an activating group) is 1. The number of carbonyl (C=O) groups is 3. The van der Waals surface area contributed by atoms with Gasteiger partial charge in [-0.2, -0.15) is 0 Å². The van der Waals surface area contributed by atoms with E-state index in [2.05, 4.69) is 86.8 Å².